The molecule has 0 fully saturated rings. The minimum Gasteiger partial charge on any atom is -0.488 e. The molecule has 0 aliphatic heterocycles. The molecule has 0 aromatic heterocycles. The fraction of sp³-hybridized carbons (Fsp3) is 0.136. The van der Waals surface area contributed by atoms with Gasteiger partial charge in [0.15, 0.2) is 0 Å². The first kappa shape index (κ1) is 16.8. The summed E-state index contributed by atoms with van der Waals surface area (Å²) >= 11 is 0. The molecular weight excluding hydrogens is 312 g/mol. The summed E-state index contributed by atoms with van der Waals surface area (Å²) in [6.45, 7) is 2.54. The zero-order chi connectivity index (χ0) is 17.6. The average molecular weight is 332 g/mol. The number of aromatic carboxylic acids is 1. The van der Waals surface area contributed by atoms with Crippen molar-refractivity contribution in [3.8, 4) is 16.9 Å². The van der Waals surface area contributed by atoms with Gasteiger partial charge < -0.3 is 9.84 Å². The van der Waals surface area contributed by atoms with E-state index in [0.717, 1.165) is 23.3 Å². The van der Waals surface area contributed by atoms with Gasteiger partial charge in [0.2, 0.25) is 0 Å². The van der Waals surface area contributed by atoms with E-state index < -0.39 is 5.97 Å². The Kier molecular flexibility index (Phi) is 5.14. The van der Waals surface area contributed by atoms with Crippen LogP contribution in [0.4, 0.5) is 0 Å². The van der Waals surface area contributed by atoms with E-state index in [-0.39, 0.29) is 5.56 Å². The normalized spacial score (nSPS) is 10.4. The monoisotopic (exact) mass is 332 g/mol. The van der Waals surface area contributed by atoms with Crippen molar-refractivity contribution >= 4 is 5.97 Å². The summed E-state index contributed by atoms with van der Waals surface area (Å²) in [4.78, 5) is 10.9. The Balaban J connectivity index is 1.83. The standard InChI is InChI=1S/C22H20O3/c1-2-17-7-3-4-8-19(17)20-9-5-6-10-21(20)25-15-16-11-13-18(14-12-16)22(23)24/h3-14H,2,15H2,1H3,(H,23,24). The second-order valence-corrected chi connectivity index (χ2v) is 5.80. The first-order chi connectivity index (χ1) is 12.2. The van der Waals surface area contributed by atoms with Crippen molar-refractivity contribution in [1.29, 1.82) is 0 Å². The van der Waals surface area contributed by atoms with Crippen LogP contribution in [0.2, 0.25) is 0 Å². The lowest BCUT2D eigenvalue weighted by Crippen LogP contribution is -2.00. The molecule has 0 aliphatic rings. The largest absolute Gasteiger partial charge is 0.488 e. The molecule has 3 rings (SSSR count). The van der Waals surface area contributed by atoms with Crippen LogP contribution in [0.1, 0.15) is 28.4 Å². The van der Waals surface area contributed by atoms with Gasteiger partial charge in [-0.15, -0.1) is 0 Å². The molecule has 0 amide bonds. The van der Waals surface area contributed by atoms with Crippen LogP contribution < -0.4 is 4.74 Å². The molecular formula is C22H20O3. The number of carbonyl (C=O) groups is 1. The van der Waals surface area contributed by atoms with E-state index in [4.69, 9.17) is 9.84 Å². The summed E-state index contributed by atoms with van der Waals surface area (Å²) < 4.78 is 6.03. The topological polar surface area (TPSA) is 46.5 Å². The maximum Gasteiger partial charge on any atom is 0.335 e. The molecule has 0 bridgehead atoms. The van der Waals surface area contributed by atoms with Crippen LogP contribution in [-0.4, -0.2) is 11.1 Å². The van der Waals surface area contributed by atoms with Crippen LogP contribution >= 0.6 is 0 Å². The molecule has 0 heterocycles. The van der Waals surface area contributed by atoms with Gasteiger partial charge in [-0.2, -0.15) is 0 Å². The molecule has 126 valence electrons. The van der Waals surface area contributed by atoms with Gasteiger partial charge in [-0.25, -0.2) is 4.79 Å². The smallest absolute Gasteiger partial charge is 0.335 e. The van der Waals surface area contributed by atoms with Gasteiger partial charge in [0.05, 0.1) is 5.56 Å². The van der Waals surface area contributed by atoms with Crippen molar-refractivity contribution in [2.24, 2.45) is 0 Å². The summed E-state index contributed by atoms with van der Waals surface area (Å²) in [5, 5.41) is 8.96. The van der Waals surface area contributed by atoms with Crippen LogP contribution in [-0.2, 0) is 13.0 Å². The van der Waals surface area contributed by atoms with Crippen molar-refractivity contribution in [1.82, 2.24) is 0 Å². The molecule has 0 saturated heterocycles. The zero-order valence-corrected chi connectivity index (χ0v) is 14.1. The van der Waals surface area contributed by atoms with Gasteiger partial charge >= 0.3 is 5.97 Å². The van der Waals surface area contributed by atoms with Crippen LogP contribution in [0.3, 0.4) is 0 Å². The van der Waals surface area contributed by atoms with Crippen molar-refractivity contribution in [2.45, 2.75) is 20.0 Å². The SMILES string of the molecule is CCc1ccccc1-c1ccccc1OCc1ccc(C(=O)O)cc1. The van der Waals surface area contributed by atoms with Crippen molar-refractivity contribution in [3.05, 3.63) is 89.5 Å². The summed E-state index contributed by atoms with van der Waals surface area (Å²) in [5.41, 5.74) is 4.75. The number of hydrogen-bond acceptors (Lipinski definition) is 2. The third kappa shape index (κ3) is 3.89. The number of carboxylic acids is 1. The van der Waals surface area contributed by atoms with Gasteiger partial charge in [0.1, 0.15) is 12.4 Å². The molecule has 0 spiro atoms. The summed E-state index contributed by atoms with van der Waals surface area (Å²) in [7, 11) is 0. The van der Waals surface area contributed by atoms with Gasteiger partial charge in [-0.3, -0.25) is 0 Å². The van der Waals surface area contributed by atoms with E-state index in [1.807, 2.05) is 24.3 Å². The molecule has 0 aliphatic carbocycles. The quantitative estimate of drug-likeness (QED) is 0.675. The average Bonchev–Trinajstić information content (AvgIpc) is 2.67. The number of carboxylic acid groups (broad SMARTS) is 1. The maximum atomic E-state index is 10.9. The van der Waals surface area contributed by atoms with E-state index in [9.17, 15) is 4.79 Å². The maximum absolute atomic E-state index is 10.9. The van der Waals surface area contributed by atoms with E-state index in [1.54, 1.807) is 24.3 Å². The van der Waals surface area contributed by atoms with E-state index in [0.29, 0.717) is 6.61 Å². The van der Waals surface area contributed by atoms with Gasteiger partial charge in [0, 0.05) is 5.56 Å². The highest BCUT2D eigenvalue weighted by Gasteiger charge is 2.09. The summed E-state index contributed by atoms with van der Waals surface area (Å²) in [6, 6.07) is 23.1. The Hall–Kier alpha value is -3.07. The predicted octanol–water partition coefficient (Wildman–Crippen LogP) is 5.19. The van der Waals surface area contributed by atoms with E-state index >= 15 is 0 Å². The Morgan fingerprint density at radius 1 is 0.880 bits per heavy atom. The Morgan fingerprint density at radius 2 is 1.52 bits per heavy atom. The van der Waals surface area contributed by atoms with Crippen LogP contribution in [0.5, 0.6) is 5.75 Å². The molecule has 3 aromatic rings. The highest BCUT2D eigenvalue weighted by atomic mass is 16.5. The first-order valence-corrected chi connectivity index (χ1v) is 8.31. The second-order valence-electron chi connectivity index (χ2n) is 5.80. The van der Waals surface area contributed by atoms with E-state index in [2.05, 4.69) is 31.2 Å². The Morgan fingerprint density at radius 3 is 2.20 bits per heavy atom. The van der Waals surface area contributed by atoms with Crippen molar-refractivity contribution in [3.63, 3.8) is 0 Å². The van der Waals surface area contributed by atoms with Crippen LogP contribution in [0.25, 0.3) is 11.1 Å². The zero-order valence-electron chi connectivity index (χ0n) is 14.1. The number of ether oxygens (including phenoxy) is 1. The lowest BCUT2D eigenvalue weighted by atomic mass is 9.97. The van der Waals surface area contributed by atoms with Crippen LogP contribution in [0, 0.1) is 0 Å². The van der Waals surface area contributed by atoms with Gasteiger partial charge in [-0.1, -0.05) is 61.5 Å². The van der Waals surface area contributed by atoms with E-state index in [1.165, 1.54) is 11.1 Å². The Labute approximate surface area is 147 Å². The fourth-order valence-electron chi connectivity index (χ4n) is 2.81. The highest BCUT2D eigenvalue weighted by molar-refractivity contribution is 5.87. The summed E-state index contributed by atoms with van der Waals surface area (Å²) in [5.74, 6) is -0.0975. The molecule has 0 radical (unpaired) electrons. The highest BCUT2D eigenvalue weighted by Crippen LogP contribution is 2.33. The molecule has 0 saturated carbocycles. The molecule has 3 nitrogen and oxygen atoms in total. The Bertz CT molecular complexity index is 866. The van der Waals surface area contributed by atoms with Crippen molar-refractivity contribution in [2.75, 3.05) is 0 Å². The second kappa shape index (κ2) is 7.67. The third-order valence-corrected chi connectivity index (χ3v) is 4.17. The number of aryl methyl sites for hydroxylation is 1. The van der Waals surface area contributed by atoms with Gasteiger partial charge in [-0.05, 0) is 41.3 Å². The molecule has 0 unspecified atom stereocenters. The minimum atomic E-state index is -0.922. The first-order valence-electron chi connectivity index (χ1n) is 8.31. The summed E-state index contributed by atoms with van der Waals surface area (Å²) in [6.07, 6.45) is 0.959. The molecule has 0 atom stereocenters. The molecule has 3 heteroatoms. The molecule has 25 heavy (non-hydrogen) atoms. The van der Waals surface area contributed by atoms with Crippen LogP contribution in [0.15, 0.2) is 72.8 Å². The van der Waals surface area contributed by atoms with Gasteiger partial charge in [0.25, 0.3) is 0 Å². The fourth-order valence-corrected chi connectivity index (χ4v) is 2.81. The number of rotatable bonds is 6. The lowest BCUT2D eigenvalue weighted by molar-refractivity contribution is 0.0697. The number of hydrogen-bond donors (Lipinski definition) is 1. The third-order valence-electron chi connectivity index (χ3n) is 4.17. The van der Waals surface area contributed by atoms with Crippen molar-refractivity contribution < 1.29 is 14.6 Å². The number of para-hydroxylation sites is 1. The molecule has 3 aromatic carbocycles. The number of benzene rings is 3. The predicted molar refractivity (Wildman–Crippen MR) is 99.0 cm³/mol. The molecule has 1 N–H and O–H groups in total. The minimum absolute atomic E-state index is 0.279. The lowest BCUT2D eigenvalue weighted by Gasteiger charge is -2.14.